The maximum absolute atomic E-state index is 13.6. The van der Waals surface area contributed by atoms with Gasteiger partial charge in [-0.2, -0.15) is 8.61 Å². The van der Waals surface area contributed by atoms with Gasteiger partial charge in [0.1, 0.15) is 5.75 Å². The third-order valence-corrected chi connectivity index (χ3v) is 10.7. The summed E-state index contributed by atoms with van der Waals surface area (Å²) in [4.78, 5) is 13.1. The molecule has 0 bridgehead atoms. The topological polar surface area (TPSA) is 113 Å². The highest BCUT2D eigenvalue weighted by Crippen LogP contribution is 2.29. The molecule has 3 aromatic carbocycles. The molecule has 9 nitrogen and oxygen atoms in total. The molecule has 0 spiro atoms. The summed E-state index contributed by atoms with van der Waals surface area (Å²) in [6, 6.07) is 19.6. The van der Waals surface area contributed by atoms with Crippen LogP contribution < -0.4 is 10.1 Å². The van der Waals surface area contributed by atoms with Crippen molar-refractivity contribution in [3.8, 4) is 5.75 Å². The van der Waals surface area contributed by atoms with Gasteiger partial charge in [0.15, 0.2) is 0 Å². The lowest BCUT2D eigenvalue weighted by Crippen LogP contribution is -2.40. The van der Waals surface area contributed by atoms with Crippen molar-refractivity contribution in [2.24, 2.45) is 0 Å². The van der Waals surface area contributed by atoms with E-state index in [4.69, 9.17) is 16.3 Å². The second kappa shape index (κ2) is 13.8. The Hall–Kier alpha value is -2.96. The van der Waals surface area contributed by atoms with Gasteiger partial charge < -0.3 is 10.1 Å². The van der Waals surface area contributed by atoms with Crippen molar-refractivity contribution in [3.05, 3.63) is 88.9 Å². The zero-order valence-electron chi connectivity index (χ0n) is 22.8. The van der Waals surface area contributed by atoms with Gasteiger partial charge in [-0.05, 0) is 61.2 Å². The van der Waals surface area contributed by atoms with Crippen molar-refractivity contribution in [1.82, 2.24) is 13.9 Å². The van der Waals surface area contributed by atoms with E-state index in [2.05, 4.69) is 5.32 Å². The fourth-order valence-corrected chi connectivity index (χ4v) is 7.75. The van der Waals surface area contributed by atoms with Crippen LogP contribution in [-0.2, 0) is 37.9 Å². The molecule has 0 radical (unpaired) electrons. The van der Waals surface area contributed by atoms with Crippen LogP contribution in [0, 0.1) is 0 Å². The van der Waals surface area contributed by atoms with Crippen molar-refractivity contribution in [1.29, 1.82) is 0 Å². The van der Waals surface area contributed by atoms with E-state index >= 15 is 0 Å². The number of hydrogen-bond donors (Lipinski definition) is 1. The van der Waals surface area contributed by atoms with E-state index < -0.39 is 32.5 Å². The number of sulfonamides is 2. The van der Waals surface area contributed by atoms with Crippen LogP contribution in [0.4, 0.5) is 0 Å². The van der Waals surface area contributed by atoms with Crippen molar-refractivity contribution in [3.63, 3.8) is 0 Å². The second-order valence-electron chi connectivity index (χ2n) is 9.67. The Morgan fingerprint density at radius 2 is 1.56 bits per heavy atom. The monoisotopic (exact) mass is 619 g/mol. The predicted molar refractivity (Wildman–Crippen MR) is 158 cm³/mol. The number of nitrogens with zero attached hydrogens (tertiary/aromatic N) is 2. The van der Waals surface area contributed by atoms with Crippen LogP contribution in [0.2, 0.25) is 5.02 Å². The molecule has 4 rings (SSSR count). The third-order valence-electron chi connectivity index (χ3n) is 6.73. The molecule has 220 valence electrons. The second-order valence-corrected chi connectivity index (χ2v) is 14.0. The highest BCUT2D eigenvalue weighted by Gasteiger charge is 2.28. The lowest BCUT2D eigenvalue weighted by molar-refractivity contribution is -0.121. The standard InChI is InChI=1S/C29H34ClN3O6S2/c1-2-39-28-16-15-26(19-27(28)30)41(37,38)33(21-24-9-5-3-6-10-24)22-29(34)31-20-23-11-13-25(14-12-23)40(35,36)32-17-7-4-8-18-32/h3,5-6,9-16,19H,2,4,7-8,17-18,20-22H2,1H3,(H,31,34). The number of nitrogens with one attached hydrogen (secondary N) is 1. The number of benzene rings is 3. The molecule has 3 aromatic rings. The van der Waals surface area contributed by atoms with Crippen LogP contribution in [0.25, 0.3) is 0 Å². The Kier molecular flexibility index (Phi) is 10.4. The summed E-state index contributed by atoms with van der Waals surface area (Å²) in [6.45, 7) is 2.87. The zero-order chi connectivity index (χ0) is 29.5. The van der Waals surface area contributed by atoms with E-state index in [9.17, 15) is 21.6 Å². The molecule has 1 fully saturated rings. The average molecular weight is 620 g/mol. The summed E-state index contributed by atoms with van der Waals surface area (Å²) in [5.74, 6) is -0.137. The summed E-state index contributed by atoms with van der Waals surface area (Å²) in [5, 5.41) is 2.90. The van der Waals surface area contributed by atoms with E-state index in [0.29, 0.717) is 36.6 Å². The van der Waals surface area contributed by atoms with Crippen molar-refractivity contribution in [2.75, 3.05) is 26.2 Å². The summed E-state index contributed by atoms with van der Waals surface area (Å²) >= 11 is 6.26. The molecular weight excluding hydrogens is 586 g/mol. The van der Waals surface area contributed by atoms with Crippen LogP contribution in [0.1, 0.15) is 37.3 Å². The summed E-state index contributed by atoms with van der Waals surface area (Å²) < 4.78 is 61.0. The van der Waals surface area contributed by atoms with E-state index in [0.717, 1.165) is 23.6 Å². The van der Waals surface area contributed by atoms with Crippen molar-refractivity contribution in [2.45, 2.75) is 49.1 Å². The van der Waals surface area contributed by atoms with Crippen LogP contribution in [0.5, 0.6) is 5.75 Å². The van der Waals surface area contributed by atoms with Gasteiger partial charge in [0.2, 0.25) is 26.0 Å². The summed E-state index contributed by atoms with van der Waals surface area (Å²) in [5.41, 5.74) is 1.40. The Labute approximate surface area is 247 Å². The molecular formula is C29H34ClN3O6S2. The van der Waals surface area contributed by atoms with Crippen LogP contribution in [0.3, 0.4) is 0 Å². The quantitative estimate of drug-likeness (QED) is 0.321. The maximum atomic E-state index is 13.6. The Morgan fingerprint density at radius 3 is 2.20 bits per heavy atom. The number of rotatable bonds is 12. The highest BCUT2D eigenvalue weighted by molar-refractivity contribution is 7.89. The first kappa shape index (κ1) is 31.0. The fourth-order valence-electron chi connectivity index (χ4n) is 4.53. The SMILES string of the molecule is CCOc1ccc(S(=O)(=O)N(CC(=O)NCc2ccc(S(=O)(=O)N3CCCCC3)cc2)Cc2ccccc2)cc1Cl. The first-order valence-electron chi connectivity index (χ1n) is 13.4. The number of piperidine rings is 1. The number of hydrogen-bond acceptors (Lipinski definition) is 6. The zero-order valence-corrected chi connectivity index (χ0v) is 25.2. The summed E-state index contributed by atoms with van der Waals surface area (Å²) in [7, 11) is -7.66. The van der Waals surface area contributed by atoms with E-state index in [1.165, 1.54) is 34.6 Å². The third kappa shape index (κ3) is 7.87. The van der Waals surface area contributed by atoms with Gasteiger partial charge in [-0.3, -0.25) is 4.79 Å². The Balaban J connectivity index is 1.46. The smallest absolute Gasteiger partial charge is 0.243 e. The fraction of sp³-hybridized carbons (Fsp3) is 0.345. The lowest BCUT2D eigenvalue weighted by Gasteiger charge is -2.25. The number of carbonyl (C=O) groups is 1. The molecule has 0 saturated carbocycles. The first-order chi connectivity index (χ1) is 19.6. The Morgan fingerprint density at radius 1 is 0.902 bits per heavy atom. The van der Waals surface area contributed by atoms with E-state index in [-0.39, 0.29) is 27.9 Å². The molecule has 1 aliphatic heterocycles. The van der Waals surface area contributed by atoms with Gasteiger partial charge in [0.25, 0.3) is 0 Å². The molecule has 1 aliphatic rings. The van der Waals surface area contributed by atoms with Crippen molar-refractivity contribution < 1.29 is 26.4 Å². The maximum Gasteiger partial charge on any atom is 0.243 e. The van der Waals surface area contributed by atoms with Crippen LogP contribution >= 0.6 is 11.6 Å². The van der Waals surface area contributed by atoms with Gasteiger partial charge in [0, 0.05) is 26.2 Å². The molecule has 0 unspecified atom stereocenters. The number of amides is 1. The number of halogens is 1. The minimum atomic E-state index is -4.10. The molecule has 0 aromatic heterocycles. The van der Waals surface area contributed by atoms with Crippen molar-refractivity contribution >= 4 is 37.6 Å². The molecule has 12 heteroatoms. The van der Waals surface area contributed by atoms with Crippen LogP contribution in [-0.4, -0.2) is 57.6 Å². The molecule has 1 heterocycles. The minimum absolute atomic E-state index is 0.0233. The molecule has 0 atom stereocenters. The number of carbonyl (C=O) groups excluding carboxylic acids is 1. The average Bonchev–Trinajstić information content (AvgIpc) is 2.98. The molecule has 0 aliphatic carbocycles. The van der Waals surface area contributed by atoms with Gasteiger partial charge in [0.05, 0.1) is 28.0 Å². The van der Waals surface area contributed by atoms with Gasteiger partial charge in [-0.25, -0.2) is 16.8 Å². The normalized spacial score (nSPS) is 14.6. The Bertz CT molecular complexity index is 1540. The molecule has 1 amide bonds. The first-order valence-corrected chi connectivity index (χ1v) is 16.7. The minimum Gasteiger partial charge on any atom is -0.492 e. The van der Waals surface area contributed by atoms with E-state index in [1.54, 1.807) is 43.3 Å². The van der Waals surface area contributed by atoms with Crippen LogP contribution in [0.15, 0.2) is 82.6 Å². The molecule has 41 heavy (non-hydrogen) atoms. The molecule has 1 saturated heterocycles. The predicted octanol–water partition coefficient (Wildman–Crippen LogP) is 4.42. The van der Waals surface area contributed by atoms with E-state index in [1.807, 2.05) is 6.07 Å². The van der Waals surface area contributed by atoms with Gasteiger partial charge in [-0.1, -0.05) is 60.5 Å². The highest BCUT2D eigenvalue weighted by atomic mass is 35.5. The lowest BCUT2D eigenvalue weighted by atomic mass is 10.2. The van der Waals surface area contributed by atoms with Gasteiger partial charge in [-0.15, -0.1) is 0 Å². The summed E-state index contributed by atoms with van der Waals surface area (Å²) in [6.07, 6.45) is 2.74. The number of ether oxygens (including phenoxy) is 1. The molecule has 1 N–H and O–H groups in total. The largest absolute Gasteiger partial charge is 0.492 e. The van der Waals surface area contributed by atoms with Gasteiger partial charge >= 0.3 is 0 Å².